The van der Waals surface area contributed by atoms with Gasteiger partial charge in [0.25, 0.3) is 5.69 Å². The maximum absolute atomic E-state index is 11.9. The molecular weight excluding hydrogens is 300 g/mol. The molecule has 0 saturated heterocycles. The number of benzene rings is 2. The lowest BCUT2D eigenvalue weighted by atomic mass is 10.2. The molecule has 0 aliphatic heterocycles. The fraction of sp³-hybridized carbons (Fsp3) is 0.0625. The number of carbonyl (C=O) groups excluding carboxylic acids is 1. The fourth-order valence-electron chi connectivity index (χ4n) is 1.80. The molecule has 6 heteroatoms. The Morgan fingerprint density at radius 3 is 2.73 bits per heavy atom. The smallest absolute Gasteiger partial charge is 0.270 e. The third kappa shape index (κ3) is 4.46. The van der Waals surface area contributed by atoms with Crippen LogP contribution in [0.3, 0.4) is 0 Å². The molecule has 0 aliphatic rings. The highest BCUT2D eigenvalue weighted by molar-refractivity contribution is 7.98. The quantitative estimate of drug-likeness (QED) is 0.392. The molecule has 2 aromatic carbocycles. The first kappa shape index (κ1) is 15.8. The molecule has 1 amide bonds. The van der Waals surface area contributed by atoms with Gasteiger partial charge in [0.15, 0.2) is 0 Å². The van der Waals surface area contributed by atoms with Gasteiger partial charge >= 0.3 is 0 Å². The Morgan fingerprint density at radius 2 is 2.00 bits per heavy atom. The van der Waals surface area contributed by atoms with E-state index in [-0.39, 0.29) is 11.6 Å². The number of non-ortho nitro benzene ring substituents is 1. The minimum absolute atomic E-state index is 0.00442. The van der Waals surface area contributed by atoms with Crippen molar-refractivity contribution in [3.63, 3.8) is 0 Å². The van der Waals surface area contributed by atoms with Crippen molar-refractivity contribution in [1.29, 1.82) is 0 Å². The largest absolute Gasteiger partial charge is 0.322 e. The van der Waals surface area contributed by atoms with Gasteiger partial charge < -0.3 is 5.32 Å². The van der Waals surface area contributed by atoms with Crippen molar-refractivity contribution in [3.05, 3.63) is 70.3 Å². The van der Waals surface area contributed by atoms with Crippen LogP contribution in [0.2, 0.25) is 0 Å². The highest BCUT2D eigenvalue weighted by atomic mass is 32.2. The average Bonchev–Trinajstić information content (AvgIpc) is 2.53. The molecule has 0 unspecified atom stereocenters. The van der Waals surface area contributed by atoms with Crippen molar-refractivity contribution in [2.75, 3.05) is 11.6 Å². The van der Waals surface area contributed by atoms with Crippen molar-refractivity contribution in [2.45, 2.75) is 4.90 Å². The monoisotopic (exact) mass is 314 g/mol. The molecule has 112 valence electrons. The van der Waals surface area contributed by atoms with Gasteiger partial charge in [0.1, 0.15) is 0 Å². The van der Waals surface area contributed by atoms with Crippen LogP contribution in [0.25, 0.3) is 6.08 Å². The molecule has 22 heavy (non-hydrogen) atoms. The van der Waals surface area contributed by atoms with E-state index in [1.165, 1.54) is 18.2 Å². The number of hydrogen-bond donors (Lipinski definition) is 1. The maximum atomic E-state index is 11.9. The standard InChI is InChI=1S/C16H14N2O3S/c1-22-15-7-3-5-13(11-15)17-16(19)9-8-12-4-2-6-14(10-12)18(20)21/h2-11H,1H3,(H,17,19). The highest BCUT2D eigenvalue weighted by Crippen LogP contribution is 2.19. The van der Waals surface area contributed by atoms with E-state index in [1.807, 2.05) is 24.5 Å². The van der Waals surface area contributed by atoms with Crippen LogP contribution >= 0.6 is 11.8 Å². The second-order valence-corrected chi connectivity index (χ2v) is 5.29. The van der Waals surface area contributed by atoms with Gasteiger partial charge in [-0.05, 0) is 36.1 Å². The number of rotatable bonds is 5. The Balaban J connectivity index is 2.05. The van der Waals surface area contributed by atoms with Crippen LogP contribution in [-0.2, 0) is 4.79 Å². The Bertz CT molecular complexity index is 729. The van der Waals surface area contributed by atoms with E-state index < -0.39 is 4.92 Å². The van der Waals surface area contributed by atoms with E-state index in [0.717, 1.165) is 4.90 Å². The van der Waals surface area contributed by atoms with E-state index >= 15 is 0 Å². The van der Waals surface area contributed by atoms with Crippen molar-refractivity contribution in [1.82, 2.24) is 0 Å². The minimum atomic E-state index is -0.467. The molecule has 0 heterocycles. The first-order chi connectivity index (χ1) is 10.6. The molecule has 0 saturated carbocycles. The number of thioether (sulfide) groups is 1. The summed E-state index contributed by atoms with van der Waals surface area (Å²) >= 11 is 1.59. The zero-order valence-electron chi connectivity index (χ0n) is 11.9. The minimum Gasteiger partial charge on any atom is -0.322 e. The Morgan fingerprint density at radius 1 is 1.23 bits per heavy atom. The molecule has 0 fully saturated rings. The van der Waals surface area contributed by atoms with Gasteiger partial charge in [0, 0.05) is 28.8 Å². The summed E-state index contributed by atoms with van der Waals surface area (Å²) in [4.78, 5) is 23.1. The molecule has 5 nitrogen and oxygen atoms in total. The summed E-state index contributed by atoms with van der Waals surface area (Å²) in [5.41, 5.74) is 1.30. The number of carbonyl (C=O) groups is 1. The number of hydrogen-bond acceptors (Lipinski definition) is 4. The van der Waals surface area contributed by atoms with Gasteiger partial charge in [0.05, 0.1) is 4.92 Å². The van der Waals surface area contributed by atoms with Gasteiger partial charge in [-0.2, -0.15) is 0 Å². The van der Waals surface area contributed by atoms with Gasteiger partial charge in [-0.1, -0.05) is 18.2 Å². The second-order valence-electron chi connectivity index (χ2n) is 4.41. The van der Waals surface area contributed by atoms with Gasteiger partial charge in [-0.25, -0.2) is 0 Å². The molecule has 0 spiro atoms. The van der Waals surface area contributed by atoms with Crippen LogP contribution in [0, 0.1) is 10.1 Å². The lowest BCUT2D eigenvalue weighted by Crippen LogP contribution is -2.07. The van der Waals surface area contributed by atoms with E-state index in [2.05, 4.69) is 5.32 Å². The molecule has 2 aromatic rings. The lowest BCUT2D eigenvalue weighted by molar-refractivity contribution is -0.384. The van der Waals surface area contributed by atoms with E-state index in [1.54, 1.807) is 36.0 Å². The molecule has 1 N–H and O–H groups in total. The Kier molecular flexibility index (Phi) is 5.32. The van der Waals surface area contributed by atoms with Crippen LogP contribution in [-0.4, -0.2) is 17.1 Å². The van der Waals surface area contributed by atoms with Crippen LogP contribution in [0.4, 0.5) is 11.4 Å². The zero-order valence-corrected chi connectivity index (χ0v) is 12.7. The van der Waals surface area contributed by atoms with Crippen LogP contribution in [0.1, 0.15) is 5.56 Å². The lowest BCUT2D eigenvalue weighted by Gasteiger charge is -2.03. The predicted molar refractivity (Wildman–Crippen MR) is 89.0 cm³/mol. The van der Waals surface area contributed by atoms with Crippen LogP contribution in [0.15, 0.2) is 59.5 Å². The summed E-state index contributed by atoms with van der Waals surface area (Å²) < 4.78 is 0. The topological polar surface area (TPSA) is 72.2 Å². The number of nitrogens with zero attached hydrogens (tertiary/aromatic N) is 1. The molecular formula is C16H14N2O3S. The van der Waals surface area contributed by atoms with E-state index in [4.69, 9.17) is 0 Å². The van der Waals surface area contributed by atoms with Gasteiger partial charge in [0.2, 0.25) is 5.91 Å². The van der Waals surface area contributed by atoms with Crippen LogP contribution in [0.5, 0.6) is 0 Å². The summed E-state index contributed by atoms with van der Waals surface area (Å²) in [7, 11) is 0. The van der Waals surface area contributed by atoms with Crippen molar-refractivity contribution in [3.8, 4) is 0 Å². The summed E-state index contributed by atoms with van der Waals surface area (Å²) in [5.74, 6) is -0.287. The Hall–Kier alpha value is -2.60. The number of anilines is 1. The molecule has 0 bridgehead atoms. The fourth-order valence-corrected chi connectivity index (χ4v) is 2.26. The predicted octanol–water partition coefficient (Wildman–Crippen LogP) is 3.97. The molecule has 2 rings (SSSR count). The van der Waals surface area contributed by atoms with Gasteiger partial charge in [-0.3, -0.25) is 14.9 Å². The average molecular weight is 314 g/mol. The first-order valence-corrected chi connectivity index (χ1v) is 7.68. The van der Waals surface area contributed by atoms with E-state index in [0.29, 0.717) is 11.3 Å². The maximum Gasteiger partial charge on any atom is 0.270 e. The van der Waals surface area contributed by atoms with Gasteiger partial charge in [-0.15, -0.1) is 11.8 Å². The third-order valence-corrected chi connectivity index (χ3v) is 3.57. The molecule has 0 radical (unpaired) electrons. The molecule has 0 atom stereocenters. The normalized spacial score (nSPS) is 10.6. The number of nitro benzene ring substituents is 1. The highest BCUT2D eigenvalue weighted by Gasteiger charge is 2.04. The van der Waals surface area contributed by atoms with Crippen molar-refractivity contribution in [2.24, 2.45) is 0 Å². The summed E-state index contributed by atoms with van der Waals surface area (Å²) in [6.45, 7) is 0. The summed E-state index contributed by atoms with van der Waals surface area (Å²) in [5, 5.41) is 13.4. The first-order valence-electron chi connectivity index (χ1n) is 6.46. The molecule has 0 aliphatic carbocycles. The number of nitrogens with one attached hydrogen (secondary N) is 1. The van der Waals surface area contributed by atoms with E-state index in [9.17, 15) is 14.9 Å². The number of nitro groups is 1. The third-order valence-electron chi connectivity index (χ3n) is 2.85. The number of amides is 1. The Labute approximate surface area is 132 Å². The van der Waals surface area contributed by atoms with Crippen molar-refractivity contribution < 1.29 is 9.72 Å². The summed E-state index contributed by atoms with van der Waals surface area (Å²) in [6.07, 6.45) is 4.86. The van der Waals surface area contributed by atoms with Crippen molar-refractivity contribution >= 4 is 35.1 Å². The zero-order chi connectivity index (χ0) is 15.9. The van der Waals surface area contributed by atoms with Crippen LogP contribution < -0.4 is 5.32 Å². The molecule has 0 aromatic heterocycles. The SMILES string of the molecule is CSc1cccc(NC(=O)C=Cc2cccc([N+](=O)[O-])c2)c1. The second kappa shape index (κ2) is 7.42. The summed E-state index contributed by atoms with van der Waals surface area (Å²) in [6, 6.07) is 13.6.